The molecule has 7 nitrogen and oxygen atoms in total. The molecule has 1 atom stereocenters. The van der Waals surface area contributed by atoms with E-state index in [-0.39, 0.29) is 24.2 Å². The number of aromatic amines is 1. The minimum Gasteiger partial charge on any atom is -0.361 e. The first-order valence-electron chi connectivity index (χ1n) is 10.7. The van der Waals surface area contributed by atoms with E-state index in [9.17, 15) is 9.59 Å². The lowest BCUT2D eigenvalue weighted by molar-refractivity contribution is -0.128. The van der Waals surface area contributed by atoms with Crippen molar-refractivity contribution >= 4 is 50.8 Å². The Bertz CT molecular complexity index is 1090. The van der Waals surface area contributed by atoms with Crippen LogP contribution in [-0.2, 0) is 16.0 Å². The van der Waals surface area contributed by atoms with Crippen molar-refractivity contribution in [3.63, 3.8) is 0 Å². The second kappa shape index (κ2) is 9.36. The molecular weight excluding hydrogens is 434 g/mol. The van der Waals surface area contributed by atoms with E-state index in [1.807, 2.05) is 24.4 Å². The smallest absolute Gasteiger partial charge is 0.231 e. The zero-order valence-corrected chi connectivity index (χ0v) is 19.2. The summed E-state index contributed by atoms with van der Waals surface area (Å²) in [6.07, 6.45) is 4.87. The number of hydrogen-bond acceptors (Lipinski definition) is 5. The number of hydrogen-bond donors (Lipinski definition) is 2. The molecule has 3 aromatic rings. The molecule has 0 radical (unpaired) electrons. The van der Waals surface area contributed by atoms with Crippen molar-refractivity contribution in [3.05, 3.63) is 40.0 Å². The quantitative estimate of drug-likeness (QED) is 0.514. The number of nitrogens with zero attached hydrogens (tertiary/aromatic N) is 3. The second-order valence-electron chi connectivity index (χ2n) is 7.94. The van der Waals surface area contributed by atoms with Gasteiger partial charge in [-0.3, -0.25) is 9.59 Å². The SMILES string of the molecule is CCC(CC)c1nnc(NC(=O)[C@@H]2CC(=O)N(CCc3c[nH]c4ccc(Cl)cc34)C2)s1. The van der Waals surface area contributed by atoms with Crippen LogP contribution in [0.5, 0.6) is 0 Å². The first-order chi connectivity index (χ1) is 15.0. The molecule has 1 aliphatic rings. The van der Waals surface area contributed by atoms with Crippen LogP contribution in [0, 0.1) is 5.92 Å². The van der Waals surface area contributed by atoms with Gasteiger partial charge in [-0.25, -0.2) is 0 Å². The molecule has 1 saturated heterocycles. The molecule has 1 aliphatic heterocycles. The van der Waals surface area contributed by atoms with Crippen LogP contribution in [0.3, 0.4) is 0 Å². The third-order valence-electron chi connectivity index (χ3n) is 5.97. The molecule has 1 aromatic carbocycles. The monoisotopic (exact) mass is 459 g/mol. The van der Waals surface area contributed by atoms with Crippen LogP contribution >= 0.6 is 22.9 Å². The van der Waals surface area contributed by atoms with Crippen molar-refractivity contribution in [2.24, 2.45) is 5.92 Å². The zero-order chi connectivity index (χ0) is 22.0. The molecule has 2 aromatic heterocycles. The molecule has 3 heterocycles. The van der Waals surface area contributed by atoms with E-state index in [0.29, 0.717) is 35.6 Å². The Morgan fingerprint density at radius 2 is 2.16 bits per heavy atom. The van der Waals surface area contributed by atoms with E-state index in [1.165, 1.54) is 11.3 Å². The normalized spacial score (nSPS) is 16.6. The van der Waals surface area contributed by atoms with Crippen LogP contribution < -0.4 is 5.32 Å². The number of nitrogens with one attached hydrogen (secondary N) is 2. The highest BCUT2D eigenvalue weighted by Gasteiger charge is 2.34. The second-order valence-corrected chi connectivity index (χ2v) is 9.39. The van der Waals surface area contributed by atoms with Crippen LogP contribution in [0.4, 0.5) is 5.13 Å². The summed E-state index contributed by atoms with van der Waals surface area (Å²) >= 11 is 7.54. The van der Waals surface area contributed by atoms with E-state index >= 15 is 0 Å². The van der Waals surface area contributed by atoms with Gasteiger partial charge in [-0.1, -0.05) is 36.8 Å². The molecule has 0 bridgehead atoms. The fourth-order valence-corrected chi connectivity index (χ4v) is 5.26. The summed E-state index contributed by atoms with van der Waals surface area (Å²) in [5.41, 5.74) is 2.13. The Hall–Kier alpha value is -2.45. The summed E-state index contributed by atoms with van der Waals surface area (Å²) in [7, 11) is 0. The van der Waals surface area contributed by atoms with Crippen LogP contribution in [-0.4, -0.2) is 45.0 Å². The van der Waals surface area contributed by atoms with Gasteiger partial charge in [0.05, 0.1) is 5.92 Å². The maximum Gasteiger partial charge on any atom is 0.231 e. The van der Waals surface area contributed by atoms with E-state index in [2.05, 4.69) is 34.3 Å². The van der Waals surface area contributed by atoms with Gasteiger partial charge in [-0.05, 0) is 43.0 Å². The minimum absolute atomic E-state index is 0.00741. The van der Waals surface area contributed by atoms with E-state index in [4.69, 9.17) is 11.6 Å². The summed E-state index contributed by atoms with van der Waals surface area (Å²) in [6.45, 7) is 5.24. The lowest BCUT2D eigenvalue weighted by atomic mass is 10.1. The lowest BCUT2D eigenvalue weighted by Crippen LogP contribution is -2.30. The Morgan fingerprint density at radius 1 is 1.35 bits per heavy atom. The van der Waals surface area contributed by atoms with Crippen LogP contribution in [0.1, 0.15) is 49.6 Å². The summed E-state index contributed by atoms with van der Waals surface area (Å²) in [6, 6.07) is 5.73. The molecule has 4 rings (SSSR count). The number of likely N-dealkylation sites (tertiary alicyclic amines) is 1. The summed E-state index contributed by atoms with van der Waals surface area (Å²) < 4.78 is 0. The Morgan fingerprint density at radius 3 is 2.94 bits per heavy atom. The fraction of sp³-hybridized carbons (Fsp3) is 0.455. The molecule has 31 heavy (non-hydrogen) atoms. The van der Waals surface area contributed by atoms with Gasteiger partial charge in [0.1, 0.15) is 5.01 Å². The number of aromatic nitrogens is 3. The van der Waals surface area contributed by atoms with Crippen molar-refractivity contribution in [1.29, 1.82) is 0 Å². The van der Waals surface area contributed by atoms with Gasteiger partial charge in [0.15, 0.2) is 0 Å². The molecule has 0 saturated carbocycles. The Kier molecular flexibility index (Phi) is 6.57. The van der Waals surface area contributed by atoms with Crippen molar-refractivity contribution < 1.29 is 9.59 Å². The van der Waals surface area contributed by atoms with Gasteiger partial charge in [0.25, 0.3) is 0 Å². The van der Waals surface area contributed by atoms with Crippen molar-refractivity contribution in [3.8, 4) is 0 Å². The van der Waals surface area contributed by atoms with E-state index in [0.717, 1.165) is 34.3 Å². The molecule has 2 N–H and O–H groups in total. The Balaban J connectivity index is 1.34. The van der Waals surface area contributed by atoms with Gasteiger partial charge in [-0.2, -0.15) is 0 Å². The minimum atomic E-state index is -0.370. The standard InChI is InChI=1S/C22H26ClN5O2S/c1-3-13(4-2)21-26-27-22(31-21)25-20(30)15-9-19(29)28(12-15)8-7-14-11-24-18-6-5-16(23)10-17(14)18/h5-6,10-11,13,15,24H,3-4,7-9,12H2,1-2H3,(H,25,27,30)/t15-/m1/s1. The van der Waals surface area contributed by atoms with Gasteiger partial charge in [0, 0.05) is 47.6 Å². The van der Waals surface area contributed by atoms with Gasteiger partial charge in [-0.15, -0.1) is 10.2 Å². The predicted octanol–water partition coefficient (Wildman–Crippen LogP) is 4.61. The largest absolute Gasteiger partial charge is 0.361 e. The van der Waals surface area contributed by atoms with Crippen molar-refractivity contribution in [2.75, 3.05) is 18.4 Å². The number of H-pyrrole nitrogens is 1. The zero-order valence-electron chi connectivity index (χ0n) is 17.7. The number of benzene rings is 1. The third-order valence-corrected chi connectivity index (χ3v) is 7.21. The fourth-order valence-electron chi connectivity index (χ4n) is 4.07. The summed E-state index contributed by atoms with van der Waals surface area (Å²) in [4.78, 5) is 30.2. The van der Waals surface area contributed by atoms with Gasteiger partial charge >= 0.3 is 0 Å². The highest BCUT2D eigenvalue weighted by atomic mass is 35.5. The molecule has 164 valence electrons. The molecule has 1 fully saturated rings. The van der Waals surface area contributed by atoms with Crippen LogP contribution in [0.15, 0.2) is 24.4 Å². The van der Waals surface area contributed by atoms with E-state index in [1.54, 1.807) is 4.90 Å². The lowest BCUT2D eigenvalue weighted by Gasteiger charge is -2.16. The van der Waals surface area contributed by atoms with E-state index < -0.39 is 0 Å². The number of anilines is 1. The number of rotatable bonds is 8. The van der Waals surface area contributed by atoms with Crippen LogP contribution in [0.2, 0.25) is 5.02 Å². The first kappa shape index (κ1) is 21.8. The Labute approximate surface area is 190 Å². The average molecular weight is 460 g/mol. The number of amides is 2. The van der Waals surface area contributed by atoms with Crippen LogP contribution in [0.25, 0.3) is 10.9 Å². The van der Waals surface area contributed by atoms with Gasteiger partial charge in [0.2, 0.25) is 16.9 Å². The summed E-state index contributed by atoms with van der Waals surface area (Å²) in [5, 5.41) is 14.4. The predicted molar refractivity (Wildman–Crippen MR) is 124 cm³/mol. The van der Waals surface area contributed by atoms with Crippen molar-refractivity contribution in [1.82, 2.24) is 20.1 Å². The number of carbonyl (C=O) groups is 2. The molecule has 2 amide bonds. The molecule has 0 spiro atoms. The maximum absolute atomic E-state index is 12.7. The first-order valence-corrected chi connectivity index (χ1v) is 11.9. The highest BCUT2D eigenvalue weighted by Crippen LogP contribution is 2.29. The third kappa shape index (κ3) is 4.75. The molecule has 9 heteroatoms. The number of fused-ring (bicyclic) bond motifs is 1. The molecule has 0 aliphatic carbocycles. The maximum atomic E-state index is 12.7. The molecule has 0 unspecified atom stereocenters. The average Bonchev–Trinajstić information content (AvgIpc) is 3.46. The van der Waals surface area contributed by atoms with Crippen molar-refractivity contribution in [2.45, 2.75) is 45.4 Å². The van der Waals surface area contributed by atoms with Gasteiger partial charge < -0.3 is 15.2 Å². The molecular formula is C22H26ClN5O2S. The summed E-state index contributed by atoms with van der Waals surface area (Å²) in [5.74, 6) is -0.161. The highest BCUT2D eigenvalue weighted by molar-refractivity contribution is 7.15. The number of halogens is 1. The number of carbonyl (C=O) groups excluding carboxylic acids is 2. The topological polar surface area (TPSA) is 91.0 Å².